The fraction of sp³-hybridized carbons (Fsp3) is 0.182. The molecule has 0 heterocycles. The Morgan fingerprint density at radius 2 is 1.21 bits per heavy atom. The number of phenols is 1. The van der Waals surface area contributed by atoms with Crippen LogP contribution >= 0.6 is 34.8 Å². The molecule has 3 rings (SSSR count). The highest BCUT2D eigenvalue weighted by Gasteiger charge is 2.16. The summed E-state index contributed by atoms with van der Waals surface area (Å²) in [6, 6.07) is 14.1. The van der Waals surface area contributed by atoms with Gasteiger partial charge in [-0.15, -0.1) is 0 Å². The Labute approximate surface area is 179 Å². The van der Waals surface area contributed by atoms with Crippen LogP contribution in [0.15, 0.2) is 48.5 Å². The van der Waals surface area contributed by atoms with Gasteiger partial charge in [-0.3, -0.25) is 0 Å². The predicted molar refractivity (Wildman–Crippen MR) is 115 cm³/mol. The summed E-state index contributed by atoms with van der Waals surface area (Å²) in [4.78, 5) is 0. The predicted octanol–water partition coefficient (Wildman–Crippen LogP) is 6.55. The Hall–Kier alpha value is -2.07. The summed E-state index contributed by atoms with van der Waals surface area (Å²) < 4.78 is 11.2. The zero-order chi connectivity index (χ0) is 20.3. The minimum Gasteiger partial charge on any atom is -0.508 e. The molecule has 0 aliphatic carbocycles. The van der Waals surface area contributed by atoms with Gasteiger partial charge in [-0.05, 0) is 54.1 Å². The number of halogens is 3. The maximum absolute atomic E-state index is 10.2. The molecule has 0 saturated heterocycles. The van der Waals surface area contributed by atoms with E-state index in [0.29, 0.717) is 39.2 Å². The molecule has 0 aliphatic heterocycles. The summed E-state index contributed by atoms with van der Waals surface area (Å²) in [7, 11) is 3.23. The highest BCUT2D eigenvalue weighted by Crippen LogP contribution is 2.35. The number of hydrogen-bond acceptors (Lipinski definition) is 3. The molecule has 0 spiro atoms. The van der Waals surface area contributed by atoms with E-state index in [0.717, 1.165) is 22.4 Å². The maximum atomic E-state index is 10.2. The fourth-order valence-corrected chi connectivity index (χ4v) is 3.88. The topological polar surface area (TPSA) is 38.7 Å². The van der Waals surface area contributed by atoms with E-state index in [1.807, 2.05) is 24.3 Å². The van der Waals surface area contributed by atoms with Crippen molar-refractivity contribution in [1.29, 1.82) is 0 Å². The van der Waals surface area contributed by atoms with Crippen LogP contribution in [0.4, 0.5) is 0 Å². The third kappa shape index (κ3) is 4.67. The van der Waals surface area contributed by atoms with E-state index >= 15 is 0 Å². The van der Waals surface area contributed by atoms with Crippen molar-refractivity contribution >= 4 is 34.8 Å². The molecular weight excluding hydrogens is 419 g/mol. The lowest BCUT2D eigenvalue weighted by Crippen LogP contribution is -2.01. The molecule has 3 aromatic carbocycles. The van der Waals surface area contributed by atoms with Gasteiger partial charge in [0, 0.05) is 44.6 Å². The highest BCUT2D eigenvalue weighted by atomic mass is 35.5. The van der Waals surface area contributed by atoms with Crippen molar-refractivity contribution in [2.45, 2.75) is 12.8 Å². The molecule has 0 bridgehead atoms. The van der Waals surface area contributed by atoms with Crippen LogP contribution in [0.5, 0.6) is 17.2 Å². The van der Waals surface area contributed by atoms with E-state index in [9.17, 15) is 5.11 Å². The molecule has 0 saturated carbocycles. The maximum Gasteiger partial charge on any atom is 0.126 e. The van der Waals surface area contributed by atoms with Crippen molar-refractivity contribution in [1.82, 2.24) is 0 Å². The Morgan fingerprint density at radius 1 is 0.679 bits per heavy atom. The van der Waals surface area contributed by atoms with Gasteiger partial charge in [0.2, 0.25) is 0 Å². The quantitative estimate of drug-likeness (QED) is 0.475. The van der Waals surface area contributed by atoms with Gasteiger partial charge in [0.15, 0.2) is 0 Å². The smallest absolute Gasteiger partial charge is 0.126 e. The average Bonchev–Trinajstić information content (AvgIpc) is 2.65. The Balaban J connectivity index is 2.04. The standard InChI is InChI=1S/C22H19Cl3O3/c1-27-21-6-4-18(24)10-14(21)8-16-12-19(25)11-15(22(16)28-2)7-13-9-17(23)3-5-20(13)26/h3-6,9-12,26H,7-8H2,1-2H3. The van der Waals surface area contributed by atoms with Crippen LogP contribution in [0.2, 0.25) is 15.1 Å². The number of phenolic OH excluding ortho intramolecular Hbond substituents is 1. The fourth-order valence-electron chi connectivity index (χ4n) is 3.23. The van der Waals surface area contributed by atoms with Crippen molar-refractivity contribution in [2.24, 2.45) is 0 Å². The zero-order valence-electron chi connectivity index (χ0n) is 15.4. The molecule has 0 aromatic heterocycles. The molecule has 0 amide bonds. The van der Waals surface area contributed by atoms with Crippen LogP contribution in [-0.4, -0.2) is 19.3 Å². The van der Waals surface area contributed by atoms with Crippen LogP contribution < -0.4 is 9.47 Å². The second-order valence-corrected chi connectivity index (χ2v) is 7.65. The highest BCUT2D eigenvalue weighted by molar-refractivity contribution is 6.31. The van der Waals surface area contributed by atoms with E-state index in [-0.39, 0.29) is 5.75 Å². The molecular formula is C22H19Cl3O3. The van der Waals surface area contributed by atoms with Gasteiger partial charge in [-0.1, -0.05) is 34.8 Å². The summed E-state index contributed by atoms with van der Waals surface area (Å²) in [5, 5.41) is 11.9. The lowest BCUT2D eigenvalue weighted by molar-refractivity contribution is 0.402. The van der Waals surface area contributed by atoms with Crippen molar-refractivity contribution in [3.63, 3.8) is 0 Å². The molecule has 28 heavy (non-hydrogen) atoms. The van der Waals surface area contributed by atoms with E-state index in [1.54, 1.807) is 38.5 Å². The largest absolute Gasteiger partial charge is 0.508 e. The second kappa shape index (κ2) is 8.95. The first-order valence-corrected chi connectivity index (χ1v) is 9.69. The van der Waals surface area contributed by atoms with Crippen LogP contribution in [-0.2, 0) is 12.8 Å². The monoisotopic (exact) mass is 436 g/mol. The minimum absolute atomic E-state index is 0.171. The minimum atomic E-state index is 0.171. The lowest BCUT2D eigenvalue weighted by Gasteiger charge is -2.17. The van der Waals surface area contributed by atoms with E-state index in [4.69, 9.17) is 44.3 Å². The molecule has 6 heteroatoms. The van der Waals surface area contributed by atoms with Crippen LogP contribution in [0.3, 0.4) is 0 Å². The van der Waals surface area contributed by atoms with E-state index in [1.165, 1.54) is 0 Å². The third-order valence-corrected chi connectivity index (χ3v) is 5.15. The van der Waals surface area contributed by atoms with Gasteiger partial charge in [0.25, 0.3) is 0 Å². The molecule has 3 nitrogen and oxygen atoms in total. The first kappa shape index (κ1) is 20.7. The summed E-state index contributed by atoms with van der Waals surface area (Å²) in [6.45, 7) is 0. The van der Waals surface area contributed by atoms with Gasteiger partial charge in [-0.2, -0.15) is 0 Å². The Bertz CT molecular complexity index is 1000. The summed E-state index contributed by atoms with van der Waals surface area (Å²) in [6.07, 6.45) is 0.956. The van der Waals surface area contributed by atoms with Gasteiger partial charge < -0.3 is 14.6 Å². The number of rotatable bonds is 6. The molecule has 0 unspecified atom stereocenters. The third-order valence-electron chi connectivity index (χ3n) is 4.46. The van der Waals surface area contributed by atoms with Gasteiger partial charge in [0.1, 0.15) is 17.2 Å². The lowest BCUT2D eigenvalue weighted by atomic mass is 9.96. The number of methoxy groups -OCH3 is 2. The Morgan fingerprint density at radius 3 is 1.82 bits per heavy atom. The van der Waals surface area contributed by atoms with Crippen molar-refractivity contribution in [3.05, 3.63) is 85.9 Å². The van der Waals surface area contributed by atoms with Crippen molar-refractivity contribution in [2.75, 3.05) is 14.2 Å². The zero-order valence-corrected chi connectivity index (χ0v) is 17.7. The first-order chi connectivity index (χ1) is 13.4. The number of benzene rings is 3. The summed E-state index contributed by atoms with van der Waals surface area (Å²) in [5.74, 6) is 1.61. The van der Waals surface area contributed by atoms with Crippen LogP contribution in [0.25, 0.3) is 0 Å². The summed E-state index contributed by atoms with van der Waals surface area (Å²) >= 11 is 18.6. The Kier molecular flexibility index (Phi) is 6.61. The molecule has 0 fully saturated rings. The van der Waals surface area contributed by atoms with Gasteiger partial charge in [-0.25, -0.2) is 0 Å². The van der Waals surface area contributed by atoms with Crippen LogP contribution in [0.1, 0.15) is 22.3 Å². The number of ether oxygens (including phenoxy) is 2. The summed E-state index contributed by atoms with van der Waals surface area (Å²) in [5.41, 5.74) is 3.36. The van der Waals surface area contributed by atoms with Gasteiger partial charge >= 0.3 is 0 Å². The van der Waals surface area contributed by atoms with Crippen LogP contribution in [0, 0.1) is 0 Å². The molecule has 3 aromatic rings. The molecule has 146 valence electrons. The number of hydrogen-bond donors (Lipinski definition) is 1. The average molecular weight is 438 g/mol. The van der Waals surface area contributed by atoms with E-state index in [2.05, 4.69) is 0 Å². The SMILES string of the molecule is COc1ccc(Cl)cc1Cc1cc(Cl)cc(Cc2cc(Cl)ccc2O)c1OC. The molecule has 1 N–H and O–H groups in total. The normalized spacial score (nSPS) is 10.8. The van der Waals surface area contributed by atoms with E-state index < -0.39 is 0 Å². The van der Waals surface area contributed by atoms with Crippen molar-refractivity contribution < 1.29 is 14.6 Å². The second-order valence-electron chi connectivity index (χ2n) is 6.34. The molecule has 0 aliphatic rings. The first-order valence-electron chi connectivity index (χ1n) is 8.56. The number of aromatic hydroxyl groups is 1. The molecule has 0 atom stereocenters. The van der Waals surface area contributed by atoms with Gasteiger partial charge in [0.05, 0.1) is 14.2 Å². The molecule has 0 radical (unpaired) electrons. The van der Waals surface area contributed by atoms with Crippen molar-refractivity contribution in [3.8, 4) is 17.2 Å².